The van der Waals surface area contributed by atoms with Crippen molar-refractivity contribution in [2.75, 3.05) is 38.7 Å². The van der Waals surface area contributed by atoms with Gasteiger partial charge in [0.05, 0.1) is 24.0 Å². The Morgan fingerprint density at radius 3 is 2.29 bits per heavy atom. The van der Waals surface area contributed by atoms with Crippen molar-refractivity contribution in [2.45, 2.75) is 90.4 Å². The summed E-state index contributed by atoms with van der Waals surface area (Å²) in [5.41, 5.74) is 0.925. The van der Waals surface area contributed by atoms with Crippen molar-refractivity contribution >= 4 is 34.2 Å². The van der Waals surface area contributed by atoms with E-state index < -0.39 is 40.9 Å². The number of hydrogen-bond donors (Lipinski definition) is 4. The van der Waals surface area contributed by atoms with E-state index in [1.165, 1.54) is 6.42 Å². The van der Waals surface area contributed by atoms with Crippen LogP contribution in [-0.2, 0) is 26.8 Å². The zero-order chi connectivity index (χ0) is 31.2. The lowest BCUT2D eigenvalue weighted by Crippen LogP contribution is -2.52. The topological polar surface area (TPSA) is 119 Å². The Kier molecular flexibility index (Phi) is 16.6. The van der Waals surface area contributed by atoms with Crippen LogP contribution in [0.2, 0.25) is 5.02 Å². The van der Waals surface area contributed by atoms with Crippen LogP contribution in [0.15, 0.2) is 24.3 Å². The molecule has 2 amide bonds. The molecule has 240 valence electrons. The predicted octanol–water partition coefficient (Wildman–Crippen LogP) is 3.78. The van der Waals surface area contributed by atoms with E-state index >= 15 is 0 Å². The van der Waals surface area contributed by atoms with E-state index in [0.717, 1.165) is 31.2 Å². The molecule has 0 heterocycles. The molecule has 10 heteroatoms. The number of aliphatic hydroxyl groups excluding tert-OH is 2. The first kappa shape index (κ1) is 36.7. The van der Waals surface area contributed by atoms with Gasteiger partial charge < -0.3 is 25.7 Å². The second-order valence-corrected chi connectivity index (χ2v) is 14.9. The van der Waals surface area contributed by atoms with Crippen molar-refractivity contribution in [2.24, 2.45) is 23.7 Å². The molecule has 0 spiro atoms. The van der Waals surface area contributed by atoms with Crippen LogP contribution >= 0.6 is 11.6 Å². The maximum absolute atomic E-state index is 13.3. The van der Waals surface area contributed by atoms with Gasteiger partial charge in [0.2, 0.25) is 11.8 Å². The molecule has 1 aliphatic carbocycles. The Morgan fingerprint density at radius 2 is 1.69 bits per heavy atom. The second kappa shape index (κ2) is 19.0. The largest absolute Gasteiger partial charge is 0.390 e. The molecule has 1 fully saturated rings. The molecule has 0 bridgehead atoms. The highest BCUT2D eigenvalue weighted by Gasteiger charge is 2.32. The fourth-order valence-corrected chi connectivity index (χ4v) is 7.08. The van der Waals surface area contributed by atoms with Gasteiger partial charge in [0.15, 0.2) is 0 Å². The Bertz CT molecular complexity index is 971. The third kappa shape index (κ3) is 13.8. The normalized spacial score (nSPS) is 18.7. The molecule has 0 saturated heterocycles. The van der Waals surface area contributed by atoms with Crippen molar-refractivity contribution in [1.29, 1.82) is 0 Å². The molecule has 0 aromatic heterocycles. The van der Waals surface area contributed by atoms with Gasteiger partial charge >= 0.3 is 0 Å². The van der Waals surface area contributed by atoms with E-state index in [2.05, 4.69) is 10.6 Å². The van der Waals surface area contributed by atoms with E-state index in [1.807, 2.05) is 45.0 Å². The van der Waals surface area contributed by atoms with E-state index in [-0.39, 0.29) is 30.0 Å². The first-order valence-electron chi connectivity index (χ1n) is 15.5. The summed E-state index contributed by atoms with van der Waals surface area (Å²) in [5.74, 6) is -0.251. The zero-order valence-electron chi connectivity index (χ0n) is 26.2. The molecule has 4 N–H and O–H groups in total. The summed E-state index contributed by atoms with van der Waals surface area (Å²) in [6, 6.07) is 6.73. The van der Waals surface area contributed by atoms with Crippen molar-refractivity contribution < 1.29 is 24.0 Å². The molecule has 1 aromatic carbocycles. The van der Waals surface area contributed by atoms with Crippen LogP contribution in [0.25, 0.3) is 0 Å². The lowest BCUT2D eigenvalue weighted by Gasteiger charge is -2.33. The summed E-state index contributed by atoms with van der Waals surface area (Å²) < 4.78 is 12.8. The second-order valence-electron chi connectivity index (χ2n) is 12.8. The molecule has 1 saturated carbocycles. The Morgan fingerprint density at radius 1 is 1.05 bits per heavy atom. The molecule has 0 aliphatic heterocycles. The van der Waals surface area contributed by atoms with Gasteiger partial charge in [-0.1, -0.05) is 76.6 Å². The first-order chi connectivity index (χ1) is 19.8. The molecule has 1 aromatic rings. The van der Waals surface area contributed by atoms with Crippen LogP contribution in [0.4, 0.5) is 0 Å². The number of benzene rings is 1. The predicted molar refractivity (Wildman–Crippen MR) is 172 cm³/mol. The molecular weight excluding hydrogens is 574 g/mol. The lowest BCUT2D eigenvalue weighted by atomic mass is 9.82. The number of nitrogens with one attached hydrogen (secondary N) is 2. The van der Waals surface area contributed by atoms with Crippen LogP contribution < -0.4 is 10.6 Å². The van der Waals surface area contributed by atoms with E-state index in [1.54, 1.807) is 19.1 Å². The molecular formula is C32H54ClN3O5S. The first-order valence-corrected chi connectivity index (χ1v) is 17.4. The maximum atomic E-state index is 13.3. The van der Waals surface area contributed by atoms with E-state index in [9.17, 15) is 24.0 Å². The average molecular weight is 628 g/mol. The lowest BCUT2D eigenvalue weighted by molar-refractivity contribution is -0.128. The Labute approximate surface area is 260 Å². The van der Waals surface area contributed by atoms with E-state index in [4.69, 9.17) is 11.6 Å². The van der Waals surface area contributed by atoms with Gasteiger partial charge in [0, 0.05) is 40.4 Å². The van der Waals surface area contributed by atoms with Gasteiger partial charge in [-0.3, -0.25) is 13.8 Å². The van der Waals surface area contributed by atoms with Crippen LogP contribution in [-0.4, -0.2) is 88.1 Å². The minimum absolute atomic E-state index is 0.118. The number of aliphatic hydroxyl groups is 2. The van der Waals surface area contributed by atoms with Crippen molar-refractivity contribution in [3.05, 3.63) is 34.9 Å². The smallest absolute Gasteiger partial charge is 0.224 e. The number of carbonyl (C=O) groups excluding carboxylic acids is 2. The highest BCUT2D eigenvalue weighted by atomic mass is 35.5. The van der Waals surface area contributed by atoms with Gasteiger partial charge in [0.25, 0.3) is 0 Å². The van der Waals surface area contributed by atoms with Crippen molar-refractivity contribution in [3.8, 4) is 0 Å². The van der Waals surface area contributed by atoms with Crippen LogP contribution in [0.3, 0.4) is 0 Å². The molecule has 1 aliphatic rings. The fourth-order valence-electron chi connectivity index (χ4n) is 5.50. The number of halogens is 1. The standard InChI is InChI=1S/C32H54ClN3O5S/c1-22(2)17-29(37)30(38)28(19-24-9-7-6-8-10-24)35-31(39)23(3)20-34-32(40)26(21-42(41)16-15-36(4)5)18-25-11-13-27(33)14-12-25/h11-14,22-24,26,28-30,37-38H,6-10,15-21H2,1-5H3,(H,34,40)(H,35,39)/t23-,26-,28+,29+,30-,42?/m1/s1. The summed E-state index contributed by atoms with van der Waals surface area (Å²) in [6.07, 6.45) is 5.16. The molecule has 8 nitrogen and oxygen atoms in total. The van der Waals surface area contributed by atoms with Crippen LogP contribution in [0.5, 0.6) is 0 Å². The van der Waals surface area contributed by atoms with Gasteiger partial charge in [-0.05, 0) is 62.9 Å². The highest BCUT2D eigenvalue weighted by molar-refractivity contribution is 7.85. The van der Waals surface area contributed by atoms with Crippen LogP contribution in [0, 0.1) is 23.7 Å². The third-order valence-corrected chi connectivity index (χ3v) is 9.77. The summed E-state index contributed by atoms with van der Waals surface area (Å²) >= 11 is 6.03. The number of carbonyl (C=O) groups is 2. The van der Waals surface area contributed by atoms with Crippen molar-refractivity contribution in [1.82, 2.24) is 15.5 Å². The van der Waals surface area contributed by atoms with Gasteiger partial charge in [-0.25, -0.2) is 0 Å². The number of nitrogens with zero attached hydrogens (tertiary/aromatic N) is 1. The molecule has 0 radical (unpaired) electrons. The fraction of sp³-hybridized carbons (Fsp3) is 0.750. The number of hydrogen-bond acceptors (Lipinski definition) is 6. The highest BCUT2D eigenvalue weighted by Crippen LogP contribution is 2.29. The van der Waals surface area contributed by atoms with Gasteiger partial charge in [-0.15, -0.1) is 0 Å². The molecule has 6 atom stereocenters. The SMILES string of the molecule is CC(C)C[C@H](O)[C@H](O)[C@H](CC1CCCCC1)NC(=O)[C@H](C)CNC(=O)[C@H](Cc1ccc(Cl)cc1)CS(=O)CCN(C)C. The minimum Gasteiger partial charge on any atom is -0.390 e. The Balaban J connectivity index is 2.03. The summed E-state index contributed by atoms with van der Waals surface area (Å²) in [4.78, 5) is 28.5. The minimum atomic E-state index is -1.18. The maximum Gasteiger partial charge on any atom is 0.224 e. The molecule has 2 rings (SSSR count). The monoisotopic (exact) mass is 627 g/mol. The summed E-state index contributed by atoms with van der Waals surface area (Å²) in [5, 5.41) is 28.2. The quantitative estimate of drug-likeness (QED) is 0.197. The number of amides is 2. The summed E-state index contributed by atoms with van der Waals surface area (Å²) in [6.45, 7) is 6.51. The van der Waals surface area contributed by atoms with Gasteiger partial charge in [0.1, 0.15) is 6.10 Å². The Hall–Kier alpha value is -1.52. The van der Waals surface area contributed by atoms with E-state index in [0.29, 0.717) is 42.5 Å². The zero-order valence-corrected chi connectivity index (χ0v) is 27.8. The number of rotatable bonds is 18. The van der Waals surface area contributed by atoms with Crippen molar-refractivity contribution in [3.63, 3.8) is 0 Å². The van der Waals surface area contributed by atoms with Crippen LogP contribution in [0.1, 0.15) is 71.3 Å². The summed E-state index contributed by atoms with van der Waals surface area (Å²) in [7, 11) is 2.67. The third-order valence-electron chi connectivity index (χ3n) is 8.11. The average Bonchev–Trinajstić information content (AvgIpc) is 2.94. The molecule has 42 heavy (non-hydrogen) atoms. The molecule has 1 unspecified atom stereocenters. The van der Waals surface area contributed by atoms with Gasteiger partial charge in [-0.2, -0.15) is 0 Å².